The summed E-state index contributed by atoms with van der Waals surface area (Å²) in [6, 6.07) is 6.63. The van der Waals surface area contributed by atoms with Gasteiger partial charge in [0, 0.05) is 11.4 Å². The highest BCUT2D eigenvalue weighted by molar-refractivity contribution is 7.91. The summed E-state index contributed by atoms with van der Waals surface area (Å²) in [7, 11) is -3.82. The average Bonchev–Trinajstić information content (AvgIpc) is 3.06. The monoisotopic (exact) mass is 460 g/mol. The quantitative estimate of drug-likeness (QED) is 0.585. The Hall–Kier alpha value is -1.49. The van der Waals surface area contributed by atoms with Crippen LogP contribution >= 0.6 is 11.6 Å². The van der Waals surface area contributed by atoms with Gasteiger partial charge in [-0.05, 0) is 31.1 Å². The average molecular weight is 461 g/mol. The van der Waals surface area contributed by atoms with E-state index in [1.807, 2.05) is 0 Å². The van der Waals surface area contributed by atoms with E-state index >= 15 is 0 Å². The second-order valence-electron chi connectivity index (χ2n) is 7.24. The molecule has 0 amide bonds. The summed E-state index contributed by atoms with van der Waals surface area (Å²) in [6.07, 6.45) is -0.0676. The highest BCUT2D eigenvalue weighted by atomic mass is 35.5. The number of ether oxygens (including phenoxy) is 3. The van der Waals surface area contributed by atoms with Gasteiger partial charge in [-0.3, -0.25) is 0 Å². The first-order chi connectivity index (χ1) is 14.2. The van der Waals surface area contributed by atoms with Gasteiger partial charge in [0.25, 0.3) is 0 Å². The van der Waals surface area contributed by atoms with E-state index in [4.69, 9.17) is 25.8 Å². The molecule has 2 aliphatic rings. The van der Waals surface area contributed by atoms with Crippen molar-refractivity contribution in [2.45, 2.75) is 48.8 Å². The van der Waals surface area contributed by atoms with E-state index < -0.39 is 39.1 Å². The maximum Gasteiger partial charge on any atom is 0.335 e. The largest absolute Gasteiger partial charge is 0.463 e. The van der Waals surface area contributed by atoms with Crippen LogP contribution in [-0.2, 0) is 34.6 Å². The van der Waals surface area contributed by atoms with Gasteiger partial charge in [0.1, 0.15) is 12.2 Å². The fraction of sp³-hybridized carbons (Fsp3) is 0.550. The van der Waals surface area contributed by atoms with Crippen LogP contribution in [0.25, 0.3) is 0 Å². The number of carbonyl (C=O) groups is 1. The molecule has 3 rings (SSSR count). The van der Waals surface area contributed by atoms with Gasteiger partial charge < -0.3 is 24.4 Å². The van der Waals surface area contributed by atoms with Crippen molar-refractivity contribution >= 4 is 27.4 Å². The van der Waals surface area contributed by atoms with Crippen molar-refractivity contribution in [3.8, 4) is 0 Å². The van der Waals surface area contributed by atoms with Crippen LogP contribution in [0.15, 0.2) is 35.9 Å². The van der Waals surface area contributed by atoms with Crippen LogP contribution < -0.4 is 0 Å². The van der Waals surface area contributed by atoms with Crippen molar-refractivity contribution in [3.63, 3.8) is 0 Å². The standard InChI is InChI=1S/C20H25ClO8S/c1-2-27-19(24)14-9-20(28-16(10-22)17(11-23)29-20)8-7-18(14)30(25,26)12-13-5-3-4-6-15(13)21/h3-6,9,16-18,22-23H,2,7-8,10-12H2,1H3/t16-,17-,18?/m1/s1. The van der Waals surface area contributed by atoms with Gasteiger partial charge in [0.2, 0.25) is 0 Å². The Morgan fingerprint density at radius 2 is 1.87 bits per heavy atom. The number of aliphatic hydroxyl groups excluding tert-OH is 2. The van der Waals surface area contributed by atoms with Gasteiger partial charge in [-0.1, -0.05) is 29.8 Å². The van der Waals surface area contributed by atoms with Crippen LogP contribution in [0.2, 0.25) is 5.02 Å². The summed E-state index contributed by atoms with van der Waals surface area (Å²) < 4.78 is 43.0. The van der Waals surface area contributed by atoms with Crippen LogP contribution in [0, 0.1) is 0 Å². The molecular formula is C20H25ClO8S. The lowest BCUT2D eigenvalue weighted by atomic mass is 9.94. The number of halogens is 1. The van der Waals surface area contributed by atoms with E-state index in [9.17, 15) is 23.4 Å². The second-order valence-corrected chi connectivity index (χ2v) is 9.83. The number of carbonyl (C=O) groups excluding carboxylic acids is 1. The third kappa shape index (κ3) is 4.71. The minimum Gasteiger partial charge on any atom is -0.463 e. The van der Waals surface area contributed by atoms with Gasteiger partial charge in [-0.2, -0.15) is 0 Å². The van der Waals surface area contributed by atoms with E-state index in [0.717, 1.165) is 0 Å². The highest BCUT2D eigenvalue weighted by Crippen LogP contribution is 2.41. The Bertz CT molecular complexity index is 901. The summed E-state index contributed by atoms with van der Waals surface area (Å²) in [5.41, 5.74) is 0.363. The summed E-state index contributed by atoms with van der Waals surface area (Å²) in [5, 5.41) is 18.2. The molecule has 2 N–H and O–H groups in total. The number of hydrogen-bond acceptors (Lipinski definition) is 8. The Labute approximate surface area is 180 Å². The molecule has 1 aliphatic heterocycles. The molecular weight excluding hydrogens is 436 g/mol. The normalized spacial score (nSPS) is 25.9. The minimum atomic E-state index is -3.82. The topological polar surface area (TPSA) is 119 Å². The fourth-order valence-corrected chi connectivity index (χ4v) is 5.98. The first-order valence-corrected chi connectivity index (χ1v) is 11.8. The number of rotatable bonds is 7. The lowest BCUT2D eigenvalue weighted by Crippen LogP contribution is -2.41. The molecule has 166 valence electrons. The zero-order chi connectivity index (χ0) is 21.9. The first-order valence-electron chi connectivity index (χ1n) is 9.67. The maximum absolute atomic E-state index is 13.2. The maximum atomic E-state index is 13.2. The molecule has 0 radical (unpaired) electrons. The van der Waals surface area contributed by atoms with Crippen molar-refractivity contribution in [2.75, 3.05) is 19.8 Å². The molecule has 1 aromatic carbocycles. The fourth-order valence-electron chi connectivity index (χ4n) is 3.79. The third-order valence-electron chi connectivity index (χ3n) is 5.21. The van der Waals surface area contributed by atoms with E-state index in [2.05, 4.69) is 0 Å². The van der Waals surface area contributed by atoms with E-state index in [-0.39, 0.29) is 44.0 Å². The van der Waals surface area contributed by atoms with Crippen LogP contribution in [0.3, 0.4) is 0 Å². The summed E-state index contributed by atoms with van der Waals surface area (Å²) in [6.45, 7) is 0.921. The summed E-state index contributed by atoms with van der Waals surface area (Å²) in [4.78, 5) is 12.6. The van der Waals surface area contributed by atoms with Crippen LogP contribution in [-0.4, -0.2) is 67.7 Å². The third-order valence-corrected chi connectivity index (χ3v) is 7.65. The lowest BCUT2D eigenvalue weighted by molar-refractivity contribution is -0.154. The molecule has 0 aromatic heterocycles. The Morgan fingerprint density at radius 1 is 1.23 bits per heavy atom. The smallest absolute Gasteiger partial charge is 0.335 e. The van der Waals surface area contributed by atoms with Gasteiger partial charge in [-0.15, -0.1) is 0 Å². The number of hydrogen-bond donors (Lipinski definition) is 2. The molecule has 1 aliphatic carbocycles. The van der Waals surface area contributed by atoms with Gasteiger partial charge in [0.05, 0.1) is 36.4 Å². The number of aliphatic hydroxyl groups is 2. The zero-order valence-electron chi connectivity index (χ0n) is 16.5. The lowest BCUT2D eigenvalue weighted by Gasteiger charge is -2.33. The molecule has 1 spiro atoms. The summed E-state index contributed by atoms with van der Waals surface area (Å²) in [5.74, 6) is -2.51. The Balaban J connectivity index is 1.95. The first kappa shape index (κ1) is 23.2. The molecule has 30 heavy (non-hydrogen) atoms. The molecule has 0 bridgehead atoms. The molecule has 0 saturated carbocycles. The van der Waals surface area contributed by atoms with Crippen molar-refractivity contribution in [1.82, 2.24) is 0 Å². The van der Waals surface area contributed by atoms with Gasteiger partial charge in [0.15, 0.2) is 15.6 Å². The van der Waals surface area contributed by atoms with Crippen molar-refractivity contribution in [3.05, 3.63) is 46.5 Å². The second kappa shape index (κ2) is 9.33. The molecule has 1 aromatic rings. The van der Waals surface area contributed by atoms with Gasteiger partial charge in [-0.25, -0.2) is 13.2 Å². The van der Waals surface area contributed by atoms with E-state index in [1.165, 1.54) is 6.08 Å². The van der Waals surface area contributed by atoms with Gasteiger partial charge >= 0.3 is 5.97 Å². The highest BCUT2D eigenvalue weighted by Gasteiger charge is 2.51. The molecule has 1 fully saturated rings. The SMILES string of the molecule is CCOC(=O)C1=CC2(CCC1S(=O)(=O)Cc1ccccc1Cl)O[C@H](CO)[C@@H](CO)O2. The molecule has 8 nitrogen and oxygen atoms in total. The predicted octanol–water partition coefficient (Wildman–Crippen LogP) is 1.37. The summed E-state index contributed by atoms with van der Waals surface area (Å²) >= 11 is 6.12. The van der Waals surface area contributed by atoms with Crippen molar-refractivity contribution in [2.24, 2.45) is 0 Å². The number of benzene rings is 1. The van der Waals surface area contributed by atoms with Crippen molar-refractivity contribution in [1.29, 1.82) is 0 Å². The van der Waals surface area contributed by atoms with Crippen LogP contribution in [0.1, 0.15) is 25.3 Å². The van der Waals surface area contributed by atoms with E-state index in [1.54, 1.807) is 31.2 Å². The molecule has 10 heteroatoms. The predicted molar refractivity (Wildman–Crippen MR) is 108 cm³/mol. The van der Waals surface area contributed by atoms with Crippen molar-refractivity contribution < 1.29 is 37.6 Å². The van der Waals surface area contributed by atoms with Crippen LogP contribution in [0.4, 0.5) is 0 Å². The van der Waals surface area contributed by atoms with E-state index in [0.29, 0.717) is 10.6 Å². The Morgan fingerprint density at radius 3 is 2.43 bits per heavy atom. The minimum absolute atomic E-state index is 0.0493. The Kier molecular flexibility index (Phi) is 7.21. The number of sulfone groups is 1. The number of esters is 1. The molecule has 3 atom stereocenters. The molecule has 1 heterocycles. The molecule has 1 unspecified atom stereocenters. The molecule has 1 saturated heterocycles. The van der Waals surface area contributed by atoms with Crippen LogP contribution in [0.5, 0.6) is 0 Å². The zero-order valence-corrected chi connectivity index (χ0v) is 18.1.